The Morgan fingerprint density at radius 1 is 1.27 bits per heavy atom. The Morgan fingerprint density at radius 3 is 2.80 bits per heavy atom. The number of aromatic nitrogens is 4. The number of benzene rings is 1. The molecule has 0 spiro atoms. The van der Waals surface area contributed by atoms with Gasteiger partial charge in [-0.25, -0.2) is 4.39 Å². The zero-order chi connectivity index (χ0) is 21.1. The third kappa shape index (κ3) is 4.56. The van der Waals surface area contributed by atoms with E-state index in [0.717, 1.165) is 11.3 Å². The smallest absolute Gasteiger partial charge is 0.230 e. The standard InChI is InChI=1S/C21H23FN6O2/c1-14-6-10-28(26-14)11-8-20(29)27-9-7-16(13-27)21(30)23-19-12-18(24-25-19)15-2-4-17(22)5-3-15/h2-6,10,12,16H,7-9,11,13H2,1H3,(H2,23,24,25,30). The highest BCUT2D eigenvalue weighted by Gasteiger charge is 2.31. The average Bonchev–Trinajstić information content (AvgIpc) is 3.47. The van der Waals surface area contributed by atoms with E-state index in [9.17, 15) is 14.0 Å². The lowest BCUT2D eigenvalue weighted by Gasteiger charge is -2.16. The third-order valence-corrected chi connectivity index (χ3v) is 5.22. The first-order chi connectivity index (χ1) is 14.5. The molecule has 3 heterocycles. The van der Waals surface area contributed by atoms with Gasteiger partial charge < -0.3 is 10.2 Å². The molecule has 156 valence electrons. The van der Waals surface area contributed by atoms with Gasteiger partial charge in [0, 0.05) is 38.3 Å². The van der Waals surface area contributed by atoms with Gasteiger partial charge in [-0.1, -0.05) is 0 Å². The van der Waals surface area contributed by atoms with Crippen LogP contribution in [0.4, 0.5) is 10.2 Å². The monoisotopic (exact) mass is 410 g/mol. The van der Waals surface area contributed by atoms with E-state index >= 15 is 0 Å². The van der Waals surface area contributed by atoms with Gasteiger partial charge in [0.15, 0.2) is 5.82 Å². The Balaban J connectivity index is 1.28. The van der Waals surface area contributed by atoms with E-state index in [1.54, 1.807) is 27.8 Å². The molecule has 9 heteroatoms. The highest BCUT2D eigenvalue weighted by molar-refractivity contribution is 5.93. The number of hydrogen-bond donors (Lipinski definition) is 2. The van der Waals surface area contributed by atoms with Crippen LogP contribution < -0.4 is 5.32 Å². The molecule has 2 aromatic heterocycles. The van der Waals surface area contributed by atoms with Gasteiger partial charge in [-0.05, 0) is 49.2 Å². The number of hydrogen-bond acceptors (Lipinski definition) is 4. The van der Waals surface area contributed by atoms with Crippen molar-refractivity contribution in [2.45, 2.75) is 26.3 Å². The van der Waals surface area contributed by atoms with Gasteiger partial charge in [0.05, 0.1) is 17.3 Å². The summed E-state index contributed by atoms with van der Waals surface area (Å²) in [6, 6.07) is 9.61. The molecule has 1 unspecified atom stereocenters. The van der Waals surface area contributed by atoms with Crippen molar-refractivity contribution in [3.8, 4) is 11.3 Å². The molecule has 0 bridgehead atoms. The van der Waals surface area contributed by atoms with E-state index in [1.807, 2.05) is 19.2 Å². The molecule has 0 radical (unpaired) electrons. The van der Waals surface area contributed by atoms with Crippen molar-refractivity contribution in [1.82, 2.24) is 24.9 Å². The van der Waals surface area contributed by atoms with Crippen LogP contribution in [0.5, 0.6) is 0 Å². The van der Waals surface area contributed by atoms with Crippen molar-refractivity contribution in [2.75, 3.05) is 18.4 Å². The lowest BCUT2D eigenvalue weighted by atomic mass is 10.1. The molecule has 3 aromatic rings. The van der Waals surface area contributed by atoms with Crippen molar-refractivity contribution < 1.29 is 14.0 Å². The number of nitrogens with one attached hydrogen (secondary N) is 2. The summed E-state index contributed by atoms with van der Waals surface area (Å²) in [7, 11) is 0. The van der Waals surface area contributed by atoms with Gasteiger partial charge in [-0.3, -0.25) is 19.4 Å². The Morgan fingerprint density at radius 2 is 2.07 bits per heavy atom. The molecule has 2 N–H and O–H groups in total. The summed E-state index contributed by atoms with van der Waals surface area (Å²) in [6.07, 6.45) is 2.83. The number of carbonyl (C=O) groups excluding carboxylic acids is 2. The summed E-state index contributed by atoms with van der Waals surface area (Å²) >= 11 is 0. The minimum Gasteiger partial charge on any atom is -0.342 e. The number of aromatic amines is 1. The Bertz CT molecular complexity index is 1040. The summed E-state index contributed by atoms with van der Waals surface area (Å²) in [5, 5.41) is 14.0. The summed E-state index contributed by atoms with van der Waals surface area (Å²) in [4.78, 5) is 26.8. The maximum absolute atomic E-state index is 13.1. The van der Waals surface area contributed by atoms with Crippen molar-refractivity contribution in [1.29, 1.82) is 0 Å². The van der Waals surface area contributed by atoms with Gasteiger partial charge >= 0.3 is 0 Å². The fraction of sp³-hybridized carbons (Fsp3) is 0.333. The third-order valence-electron chi connectivity index (χ3n) is 5.22. The molecule has 1 aliphatic rings. The van der Waals surface area contributed by atoms with Crippen LogP contribution in [-0.2, 0) is 16.1 Å². The molecule has 30 heavy (non-hydrogen) atoms. The number of amides is 2. The second-order valence-electron chi connectivity index (χ2n) is 7.46. The SMILES string of the molecule is Cc1ccn(CCC(=O)N2CCC(C(=O)Nc3cc(-c4ccc(F)cc4)[nH]n3)C2)n1. The predicted molar refractivity (Wildman–Crippen MR) is 109 cm³/mol. The lowest BCUT2D eigenvalue weighted by Crippen LogP contribution is -2.32. The van der Waals surface area contributed by atoms with Gasteiger partial charge in [0.25, 0.3) is 0 Å². The topological polar surface area (TPSA) is 95.9 Å². The van der Waals surface area contributed by atoms with E-state index < -0.39 is 0 Å². The zero-order valence-corrected chi connectivity index (χ0v) is 16.6. The minimum atomic E-state index is -0.313. The maximum atomic E-state index is 13.1. The number of aryl methyl sites for hydroxylation is 2. The second-order valence-corrected chi connectivity index (χ2v) is 7.46. The van der Waals surface area contributed by atoms with Crippen molar-refractivity contribution in [3.05, 3.63) is 54.1 Å². The fourth-order valence-electron chi connectivity index (χ4n) is 3.55. The van der Waals surface area contributed by atoms with E-state index in [1.165, 1.54) is 12.1 Å². The first-order valence-electron chi connectivity index (χ1n) is 9.88. The van der Waals surface area contributed by atoms with Crippen LogP contribution in [0.15, 0.2) is 42.6 Å². The van der Waals surface area contributed by atoms with Crippen LogP contribution in [0.2, 0.25) is 0 Å². The predicted octanol–water partition coefficient (Wildman–Crippen LogP) is 2.60. The lowest BCUT2D eigenvalue weighted by molar-refractivity contribution is -0.130. The fourth-order valence-corrected chi connectivity index (χ4v) is 3.55. The van der Waals surface area contributed by atoms with Gasteiger partial charge in [0.1, 0.15) is 5.82 Å². The quantitative estimate of drug-likeness (QED) is 0.653. The van der Waals surface area contributed by atoms with Crippen LogP contribution in [0, 0.1) is 18.7 Å². The molecule has 4 rings (SSSR count). The van der Waals surface area contributed by atoms with E-state index in [-0.39, 0.29) is 23.5 Å². The number of H-pyrrole nitrogens is 1. The van der Waals surface area contributed by atoms with E-state index in [0.29, 0.717) is 44.0 Å². The molecule has 1 fully saturated rings. The van der Waals surface area contributed by atoms with Gasteiger partial charge in [-0.2, -0.15) is 10.2 Å². The van der Waals surface area contributed by atoms with Crippen molar-refractivity contribution >= 4 is 17.6 Å². The summed E-state index contributed by atoms with van der Waals surface area (Å²) in [6.45, 7) is 3.40. The number of halogens is 1. The Kier molecular flexibility index (Phi) is 5.60. The van der Waals surface area contributed by atoms with Crippen LogP contribution >= 0.6 is 0 Å². The highest BCUT2D eigenvalue weighted by Crippen LogP contribution is 2.22. The normalized spacial score (nSPS) is 16.1. The molecule has 2 amide bonds. The van der Waals surface area contributed by atoms with E-state index in [4.69, 9.17) is 0 Å². The largest absolute Gasteiger partial charge is 0.342 e. The number of anilines is 1. The first kappa shape index (κ1) is 19.8. The van der Waals surface area contributed by atoms with Gasteiger partial charge in [-0.15, -0.1) is 0 Å². The van der Waals surface area contributed by atoms with Gasteiger partial charge in [0.2, 0.25) is 11.8 Å². The molecule has 0 aliphatic carbocycles. The number of carbonyl (C=O) groups is 2. The first-order valence-corrected chi connectivity index (χ1v) is 9.88. The van der Waals surface area contributed by atoms with Crippen LogP contribution in [0.3, 0.4) is 0 Å². The average molecular weight is 410 g/mol. The number of likely N-dealkylation sites (tertiary alicyclic amines) is 1. The molecular weight excluding hydrogens is 387 g/mol. The molecular formula is C21H23FN6O2. The molecule has 1 atom stereocenters. The van der Waals surface area contributed by atoms with Crippen LogP contribution in [-0.4, -0.2) is 49.8 Å². The number of nitrogens with zero attached hydrogens (tertiary/aromatic N) is 4. The second kappa shape index (κ2) is 8.48. The molecule has 1 aromatic carbocycles. The van der Waals surface area contributed by atoms with E-state index in [2.05, 4.69) is 20.6 Å². The van der Waals surface area contributed by atoms with Crippen LogP contribution in [0.1, 0.15) is 18.5 Å². The molecule has 1 saturated heterocycles. The minimum absolute atomic E-state index is 0.0248. The van der Waals surface area contributed by atoms with Crippen molar-refractivity contribution in [3.63, 3.8) is 0 Å². The molecule has 0 saturated carbocycles. The van der Waals surface area contributed by atoms with Crippen LogP contribution in [0.25, 0.3) is 11.3 Å². The maximum Gasteiger partial charge on any atom is 0.230 e. The molecule has 8 nitrogen and oxygen atoms in total. The highest BCUT2D eigenvalue weighted by atomic mass is 19.1. The Hall–Kier alpha value is -3.49. The van der Waals surface area contributed by atoms with Crippen molar-refractivity contribution in [2.24, 2.45) is 5.92 Å². The Labute approximate surface area is 173 Å². The summed E-state index contributed by atoms with van der Waals surface area (Å²) in [5.74, 6) is -0.320. The summed E-state index contributed by atoms with van der Waals surface area (Å²) < 4.78 is 14.8. The number of rotatable bonds is 6. The summed E-state index contributed by atoms with van der Waals surface area (Å²) in [5.41, 5.74) is 2.37. The zero-order valence-electron chi connectivity index (χ0n) is 16.6. The molecule has 1 aliphatic heterocycles.